The lowest BCUT2D eigenvalue weighted by molar-refractivity contribution is 0.568. The number of hydrogen-bond donors (Lipinski definition) is 1. The van der Waals surface area contributed by atoms with Crippen LogP contribution in [0.3, 0.4) is 0 Å². The van der Waals surface area contributed by atoms with Gasteiger partial charge < -0.3 is 5.32 Å². The highest BCUT2D eigenvalue weighted by atomic mass is 79.9. The maximum Gasteiger partial charge on any atom is 0.124 e. The predicted octanol–water partition coefficient (Wildman–Crippen LogP) is 3.49. The molecule has 0 aliphatic carbocycles. The summed E-state index contributed by atoms with van der Waals surface area (Å²) in [5, 5.41) is 3.25. The summed E-state index contributed by atoms with van der Waals surface area (Å²) in [6.07, 6.45) is 1.06. The molecule has 1 aliphatic heterocycles. The van der Waals surface area contributed by atoms with Crippen molar-refractivity contribution >= 4 is 27.7 Å². The van der Waals surface area contributed by atoms with Crippen molar-refractivity contribution in [2.75, 3.05) is 12.8 Å². The SMILES string of the molecule is CNC1CCSCc2c(Br)cc(F)cc21. The minimum atomic E-state index is -0.159. The van der Waals surface area contributed by atoms with Crippen molar-refractivity contribution < 1.29 is 4.39 Å². The summed E-state index contributed by atoms with van der Waals surface area (Å²) in [5.74, 6) is 1.93. The first kappa shape index (κ1) is 11.4. The van der Waals surface area contributed by atoms with Gasteiger partial charge in [0.15, 0.2) is 0 Å². The first-order valence-corrected chi connectivity index (χ1v) is 6.90. The Morgan fingerprint density at radius 1 is 1.53 bits per heavy atom. The summed E-state index contributed by atoms with van der Waals surface area (Å²) in [6.45, 7) is 0. The molecule has 1 atom stereocenters. The molecule has 0 saturated carbocycles. The van der Waals surface area contributed by atoms with Crippen molar-refractivity contribution in [1.82, 2.24) is 5.32 Å². The van der Waals surface area contributed by atoms with Crippen LogP contribution in [0.5, 0.6) is 0 Å². The van der Waals surface area contributed by atoms with Crippen molar-refractivity contribution in [3.8, 4) is 0 Å². The third-order valence-corrected chi connectivity index (χ3v) is 4.44. The summed E-state index contributed by atoms with van der Waals surface area (Å²) < 4.78 is 14.2. The fraction of sp³-hybridized carbons (Fsp3) is 0.455. The van der Waals surface area contributed by atoms with Gasteiger partial charge in [0.25, 0.3) is 0 Å². The predicted molar refractivity (Wildman–Crippen MR) is 66.7 cm³/mol. The van der Waals surface area contributed by atoms with E-state index in [9.17, 15) is 4.39 Å². The van der Waals surface area contributed by atoms with Crippen LogP contribution in [-0.2, 0) is 5.75 Å². The van der Waals surface area contributed by atoms with Crippen LogP contribution in [0.25, 0.3) is 0 Å². The maximum atomic E-state index is 13.3. The van der Waals surface area contributed by atoms with Gasteiger partial charge in [0.1, 0.15) is 5.82 Å². The largest absolute Gasteiger partial charge is 0.313 e. The monoisotopic (exact) mass is 289 g/mol. The van der Waals surface area contributed by atoms with Crippen LogP contribution in [0.1, 0.15) is 23.6 Å². The van der Waals surface area contributed by atoms with Crippen molar-refractivity contribution in [3.05, 3.63) is 33.5 Å². The fourth-order valence-electron chi connectivity index (χ4n) is 1.92. The van der Waals surface area contributed by atoms with Crippen molar-refractivity contribution in [2.45, 2.75) is 18.2 Å². The van der Waals surface area contributed by atoms with Gasteiger partial charge in [-0.3, -0.25) is 0 Å². The lowest BCUT2D eigenvalue weighted by Gasteiger charge is -2.17. The fourth-order valence-corrected chi connectivity index (χ4v) is 3.76. The van der Waals surface area contributed by atoms with Crippen LogP contribution >= 0.6 is 27.7 Å². The van der Waals surface area contributed by atoms with Crippen molar-refractivity contribution in [3.63, 3.8) is 0 Å². The molecule has 15 heavy (non-hydrogen) atoms. The van der Waals surface area contributed by atoms with E-state index in [4.69, 9.17) is 0 Å². The third kappa shape index (κ3) is 2.37. The Bertz CT molecular complexity index is 370. The van der Waals surface area contributed by atoms with Gasteiger partial charge >= 0.3 is 0 Å². The highest BCUT2D eigenvalue weighted by Gasteiger charge is 2.20. The summed E-state index contributed by atoms with van der Waals surface area (Å²) >= 11 is 5.35. The third-order valence-electron chi connectivity index (χ3n) is 2.72. The van der Waals surface area contributed by atoms with E-state index in [-0.39, 0.29) is 11.9 Å². The maximum absolute atomic E-state index is 13.3. The molecule has 0 spiro atoms. The number of hydrogen-bond acceptors (Lipinski definition) is 2. The van der Waals surface area contributed by atoms with Crippen LogP contribution in [0.4, 0.5) is 4.39 Å². The summed E-state index contributed by atoms with van der Waals surface area (Å²) in [4.78, 5) is 0. The van der Waals surface area contributed by atoms with E-state index in [1.807, 2.05) is 18.8 Å². The van der Waals surface area contributed by atoms with Crippen LogP contribution in [0, 0.1) is 5.82 Å². The zero-order chi connectivity index (χ0) is 10.8. The van der Waals surface area contributed by atoms with Crippen molar-refractivity contribution in [1.29, 1.82) is 0 Å². The van der Waals surface area contributed by atoms with Gasteiger partial charge in [0, 0.05) is 16.3 Å². The lowest BCUT2D eigenvalue weighted by Crippen LogP contribution is -2.17. The number of benzene rings is 1. The van der Waals surface area contributed by atoms with Gasteiger partial charge in [-0.2, -0.15) is 11.8 Å². The van der Waals surface area contributed by atoms with Gasteiger partial charge in [-0.25, -0.2) is 4.39 Å². The first-order chi connectivity index (χ1) is 7.22. The Balaban J connectivity index is 2.50. The summed E-state index contributed by atoms with van der Waals surface area (Å²) in [6, 6.07) is 3.49. The summed E-state index contributed by atoms with van der Waals surface area (Å²) in [7, 11) is 1.93. The number of fused-ring (bicyclic) bond motifs is 1. The Morgan fingerprint density at radius 2 is 2.33 bits per heavy atom. The molecule has 0 radical (unpaired) electrons. The van der Waals surface area contributed by atoms with Gasteiger partial charge in [-0.05, 0) is 42.5 Å². The highest BCUT2D eigenvalue weighted by molar-refractivity contribution is 9.10. The number of thioether (sulfide) groups is 1. The van der Waals surface area contributed by atoms with Crippen LogP contribution < -0.4 is 5.32 Å². The number of halogens is 2. The minimum Gasteiger partial charge on any atom is -0.313 e. The quantitative estimate of drug-likeness (QED) is 0.849. The molecule has 1 heterocycles. The molecule has 0 bridgehead atoms. The average Bonchev–Trinajstić information content (AvgIpc) is 2.39. The highest BCUT2D eigenvalue weighted by Crippen LogP contribution is 2.35. The normalized spacial score (nSPS) is 20.9. The molecule has 1 aromatic rings. The standard InChI is InChI=1S/C11H13BrFNS/c1-14-11-2-3-15-6-9-8(11)4-7(13)5-10(9)12/h4-5,11,14H,2-3,6H2,1H3. The second-order valence-corrected chi connectivity index (χ2v) is 5.60. The Labute approximate surface area is 102 Å². The average molecular weight is 290 g/mol. The molecule has 1 aliphatic rings. The van der Waals surface area contributed by atoms with Crippen LogP contribution in [0.2, 0.25) is 0 Å². The molecule has 1 N–H and O–H groups in total. The summed E-state index contributed by atoms with van der Waals surface area (Å²) in [5.41, 5.74) is 2.34. The second-order valence-electron chi connectivity index (χ2n) is 3.64. The van der Waals surface area contributed by atoms with Gasteiger partial charge in [-0.1, -0.05) is 15.9 Å². The van der Waals surface area contributed by atoms with E-state index in [1.165, 1.54) is 5.56 Å². The topological polar surface area (TPSA) is 12.0 Å². The zero-order valence-electron chi connectivity index (χ0n) is 8.52. The molecule has 82 valence electrons. The Hall–Kier alpha value is -0.0600. The zero-order valence-corrected chi connectivity index (χ0v) is 10.9. The van der Waals surface area contributed by atoms with E-state index in [0.717, 1.165) is 28.0 Å². The lowest BCUT2D eigenvalue weighted by atomic mass is 9.99. The molecule has 0 aromatic heterocycles. The Morgan fingerprint density at radius 3 is 3.07 bits per heavy atom. The van der Waals surface area contributed by atoms with E-state index < -0.39 is 0 Å². The van der Waals surface area contributed by atoms with E-state index in [1.54, 1.807) is 12.1 Å². The molecular formula is C11H13BrFNS. The molecule has 1 unspecified atom stereocenters. The molecule has 0 fully saturated rings. The molecule has 1 aromatic carbocycles. The smallest absolute Gasteiger partial charge is 0.124 e. The van der Waals surface area contributed by atoms with Gasteiger partial charge in [0.05, 0.1) is 0 Å². The van der Waals surface area contributed by atoms with Crippen LogP contribution in [0.15, 0.2) is 16.6 Å². The number of rotatable bonds is 1. The second kappa shape index (κ2) is 4.85. The molecular weight excluding hydrogens is 277 g/mol. The molecule has 1 nitrogen and oxygen atoms in total. The molecule has 0 saturated heterocycles. The van der Waals surface area contributed by atoms with E-state index >= 15 is 0 Å². The number of nitrogens with one attached hydrogen (secondary N) is 1. The van der Waals surface area contributed by atoms with E-state index in [2.05, 4.69) is 21.2 Å². The molecule has 2 rings (SSSR count). The van der Waals surface area contributed by atoms with E-state index in [0.29, 0.717) is 0 Å². The molecule has 4 heteroatoms. The minimum absolute atomic E-state index is 0.159. The first-order valence-electron chi connectivity index (χ1n) is 4.95. The van der Waals surface area contributed by atoms with Crippen molar-refractivity contribution in [2.24, 2.45) is 0 Å². The molecule has 0 amide bonds. The van der Waals surface area contributed by atoms with Gasteiger partial charge in [-0.15, -0.1) is 0 Å². The Kier molecular flexibility index (Phi) is 3.69. The van der Waals surface area contributed by atoms with Gasteiger partial charge in [0.2, 0.25) is 0 Å². The van der Waals surface area contributed by atoms with Crippen LogP contribution in [-0.4, -0.2) is 12.8 Å².